The molecule has 0 saturated carbocycles. The molecule has 1 aliphatic rings. The zero-order chi connectivity index (χ0) is 18.2. The summed E-state index contributed by atoms with van der Waals surface area (Å²) in [6.45, 7) is 6.61. The highest BCUT2D eigenvalue weighted by molar-refractivity contribution is 6.30. The van der Waals surface area contributed by atoms with E-state index in [9.17, 15) is 0 Å². The molecule has 0 spiro atoms. The van der Waals surface area contributed by atoms with E-state index in [-0.39, 0.29) is 11.5 Å². The molecule has 2 aromatic rings. The Balaban J connectivity index is 2.09. The summed E-state index contributed by atoms with van der Waals surface area (Å²) in [4.78, 5) is 0. The Morgan fingerprint density at radius 1 is 1.20 bits per heavy atom. The molecule has 2 atom stereocenters. The minimum atomic E-state index is -0.133. The lowest BCUT2D eigenvalue weighted by Crippen LogP contribution is -2.36. The van der Waals surface area contributed by atoms with Crippen LogP contribution in [0.4, 0.5) is 5.69 Å². The van der Waals surface area contributed by atoms with E-state index >= 15 is 0 Å². The van der Waals surface area contributed by atoms with Crippen molar-refractivity contribution in [3.8, 4) is 0 Å². The lowest BCUT2D eigenvalue weighted by molar-refractivity contribution is 0.426. The fourth-order valence-electron chi connectivity index (χ4n) is 3.63. The maximum absolute atomic E-state index is 6.07. The Morgan fingerprint density at radius 2 is 1.88 bits per heavy atom. The second-order valence-corrected chi connectivity index (χ2v) is 7.90. The van der Waals surface area contributed by atoms with Crippen molar-refractivity contribution in [2.75, 3.05) is 19.4 Å². The Bertz CT molecular complexity index is 796. The first-order valence-corrected chi connectivity index (χ1v) is 9.02. The molecule has 1 aliphatic heterocycles. The molecule has 25 heavy (non-hydrogen) atoms. The van der Waals surface area contributed by atoms with Crippen molar-refractivity contribution in [1.82, 2.24) is 5.01 Å². The summed E-state index contributed by atoms with van der Waals surface area (Å²) in [7, 11) is 3.92. The summed E-state index contributed by atoms with van der Waals surface area (Å²) < 4.78 is 0. The number of nitrogens with one attached hydrogen (secondary N) is 1. The highest BCUT2D eigenvalue weighted by atomic mass is 35.5. The van der Waals surface area contributed by atoms with Gasteiger partial charge in [-0.05, 0) is 49.1 Å². The van der Waals surface area contributed by atoms with Gasteiger partial charge in [0, 0.05) is 36.4 Å². The van der Waals surface area contributed by atoms with Crippen LogP contribution in [0.5, 0.6) is 0 Å². The maximum Gasteiger partial charge on any atom is 0.0526 e. The molecule has 132 valence electrons. The van der Waals surface area contributed by atoms with Crippen LogP contribution in [0.3, 0.4) is 0 Å². The lowest BCUT2D eigenvalue weighted by Gasteiger charge is -2.40. The van der Waals surface area contributed by atoms with E-state index in [1.165, 1.54) is 27.9 Å². The van der Waals surface area contributed by atoms with Crippen LogP contribution in [0.1, 0.15) is 41.6 Å². The quantitative estimate of drug-likeness (QED) is 0.596. The van der Waals surface area contributed by atoms with Gasteiger partial charge in [0.25, 0.3) is 0 Å². The molecule has 3 nitrogen and oxygen atoms in total. The Labute approximate surface area is 155 Å². The number of benzene rings is 2. The molecule has 0 aliphatic carbocycles. The molecule has 2 aromatic carbocycles. The predicted octanol–water partition coefficient (Wildman–Crippen LogP) is 5.32. The normalized spacial score (nSPS) is 22.6. The summed E-state index contributed by atoms with van der Waals surface area (Å²) >= 11 is 6.07. The van der Waals surface area contributed by atoms with Crippen molar-refractivity contribution in [2.24, 2.45) is 5.10 Å². The van der Waals surface area contributed by atoms with Crippen LogP contribution in [0.25, 0.3) is 0 Å². The summed E-state index contributed by atoms with van der Waals surface area (Å²) in [5.74, 6) is 0. The van der Waals surface area contributed by atoms with Crippen molar-refractivity contribution in [3.05, 3.63) is 63.7 Å². The van der Waals surface area contributed by atoms with Crippen LogP contribution in [-0.4, -0.2) is 25.3 Å². The molecule has 3 rings (SSSR count). The zero-order valence-corrected chi connectivity index (χ0v) is 16.4. The largest absolute Gasteiger partial charge is 0.378 e. The fourth-order valence-corrected chi connectivity index (χ4v) is 3.76. The first-order chi connectivity index (χ1) is 11.8. The van der Waals surface area contributed by atoms with Gasteiger partial charge in [0.15, 0.2) is 0 Å². The number of fused-ring (bicyclic) bond motifs is 1. The average Bonchev–Trinajstić information content (AvgIpc) is 2.55. The second kappa shape index (κ2) is 6.72. The topological polar surface area (TPSA) is 27.6 Å². The van der Waals surface area contributed by atoms with Crippen molar-refractivity contribution in [3.63, 3.8) is 0 Å². The maximum atomic E-state index is 6.07. The SMILES string of the molecule is Cc1cc(C)c2c(c1)[C@@](C)(/C=N/N(C)C)C[C@@H](c1ccc(Cl)cc1)N2. The third-order valence-corrected chi connectivity index (χ3v) is 5.14. The third-order valence-electron chi connectivity index (χ3n) is 4.89. The molecule has 0 saturated heterocycles. The number of rotatable bonds is 3. The average molecular weight is 356 g/mol. The van der Waals surface area contributed by atoms with Gasteiger partial charge in [-0.25, -0.2) is 0 Å². The van der Waals surface area contributed by atoms with Gasteiger partial charge in [0.1, 0.15) is 0 Å². The van der Waals surface area contributed by atoms with Crippen molar-refractivity contribution < 1.29 is 0 Å². The summed E-state index contributed by atoms with van der Waals surface area (Å²) in [6, 6.07) is 12.9. The molecule has 0 unspecified atom stereocenters. The Morgan fingerprint density at radius 3 is 2.52 bits per heavy atom. The zero-order valence-electron chi connectivity index (χ0n) is 15.6. The summed E-state index contributed by atoms with van der Waals surface area (Å²) in [6.07, 6.45) is 3.04. The monoisotopic (exact) mass is 355 g/mol. The number of hydrogen-bond acceptors (Lipinski definition) is 3. The van der Waals surface area contributed by atoms with Gasteiger partial charge in [-0.15, -0.1) is 0 Å². The minimum absolute atomic E-state index is 0.133. The highest BCUT2D eigenvalue weighted by Crippen LogP contribution is 2.45. The molecular formula is C21H26ClN3. The number of anilines is 1. The lowest BCUT2D eigenvalue weighted by atomic mass is 9.72. The van der Waals surface area contributed by atoms with E-state index in [4.69, 9.17) is 11.6 Å². The Kier molecular flexibility index (Phi) is 4.79. The van der Waals surface area contributed by atoms with Gasteiger partial charge in [0.05, 0.1) is 6.04 Å². The van der Waals surface area contributed by atoms with Gasteiger partial charge in [-0.1, -0.05) is 48.4 Å². The molecular weight excluding hydrogens is 330 g/mol. The van der Waals surface area contributed by atoms with Gasteiger partial charge < -0.3 is 10.3 Å². The number of hydrazone groups is 1. The molecule has 0 amide bonds. The van der Waals surface area contributed by atoms with E-state index in [1.54, 1.807) is 0 Å². The van der Waals surface area contributed by atoms with Gasteiger partial charge in [0.2, 0.25) is 0 Å². The summed E-state index contributed by atoms with van der Waals surface area (Å²) in [5, 5.41) is 11.0. The smallest absolute Gasteiger partial charge is 0.0526 e. The van der Waals surface area contributed by atoms with Gasteiger partial charge in [-0.2, -0.15) is 5.10 Å². The molecule has 1 heterocycles. The van der Waals surface area contributed by atoms with Crippen LogP contribution in [0.15, 0.2) is 41.5 Å². The van der Waals surface area contributed by atoms with E-state index in [1.807, 2.05) is 31.2 Å². The van der Waals surface area contributed by atoms with Gasteiger partial charge in [-0.3, -0.25) is 0 Å². The summed E-state index contributed by atoms with van der Waals surface area (Å²) in [5.41, 5.74) is 6.22. The Hall–Kier alpha value is -2.00. The fraction of sp³-hybridized carbons (Fsp3) is 0.381. The number of aryl methyl sites for hydroxylation is 2. The van der Waals surface area contributed by atoms with Crippen LogP contribution in [0.2, 0.25) is 5.02 Å². The molecule has 0 radical (unpaired) electrons. The third kappa shape index (κ3) is 3.67. The first kappa shape index (κ1) is 17.8. The second-order valence-electron chi connectivity index (χ2n) is 7.47. The first-order valence-electron chi connectivity index (χ1n) is 8.65. The van der Waals surface area contributed by atoms with Crippen LogP contribution < -0.4 is 5.32 Å². The van der Waals surface area contributed by atoms with Crippen molar-refractivity contribution in [1.29, 1.82) is 0 Å². The highest BCUT2D eigenvalue weighted by Gasteiger charge is 2.37. The molecule has 4 heteroatoms. The molecule has 1 N–H and O–H groups in total. The van der Waals surface area contributed by atoms with Crippen LogP contribution in [-0.2, 0) is 5.41 Å². The van der Waals surface area contributed by atoms with Crippen molar-refractivity contribution in [2.45, 2.75) is 38.6 Å². The van der Waals surface area contributed by atoms with Gasteiger partial charge >= 0.3 is 0 Å². The number of nitrogens with zero attached hydrogens (tertiary/aromatic N) is 2. The van der Waals surface area contributed by atoms with E-state index in [0.717, 1.165) is 11.4 Å². The molecule has 0 fully saturated rings. The van der Waals surface area contributed by atoms with Crippen LogP contribution >= 0.6 is 11.6 Å². The number of hydrogen-bond donors (Lipinski definition) is 1. The standard InChI is InChI=1S/C21H26ClN3/c1-14-10-15(2)20-18(11-14)21(3,13-23-25(4)5)12-19(24-20)16-6-8-17(22)9-7-16/h6-11,13,19,24H,12H2,1-5H3/b23-13+/t19-,21+/m0/s1. The van der Waals surface area contributed by atoms with E-state index in [2.05, 4.69) is 61.7 Å². The van der Waals surface area contributed by atoms with Crippen LogP contribution in [0, 0.1) is 13.8 Å². The predicted molar refractivity (Wildman–Crippen MR) is 108 cm³/mol. The van der Waals surface area contributed by atoms with E-state index in [0.29, 0.717) is 0 Å². The van der Waals surface area contributed by atoms with E-state index < -0.39 is 0 Å². The number of halogens is 1. The molecule has 0 bridgehead atoms. The molecule has 0 aromatic heterocycles. The van der Waals surface area contributed by atoms with Crippen molar-refractivity contribution >= 4 is 23.5 Å². The minimum Gasteiger partial charge on any atom is -0.378 e.